The molecule has 196 valence electrons. The van der Waals surface area contributed by atoms with Crippen molar-refractivity contribution in [3.63, 3.8) is 0 Å². The first-order valence-corrected chi connectivity index (χ1v) is 12.9. The fourth-order valence-electron chi connectivity index (χ4n) is 4.64. The van der Waals surface area contributed by atoms with E-state index in [4.69, 9.17) is 0 Å². The second kappa shape index (κ2) is 10.1. The number of fused-ring (bicyclic) bond motifs is 1. The Morgan fingerprint density at radius 3 is 2.53 bits per heavy atom. The van der Waals surface area contributed by atoms with Gasteiger partial charge in [0.25, 0.3) is 11.9 Å². The first-order valence-electron chi connectivity index (χ1n) is 12.1. The van der Waals surface area contributed by atoms with Crippen molar-refractivity contribution in [2.75, 3.05) is 18.9 Å². The van der Waals surface area contributed by atoms with E-state index in [1.807, 2.05) is 6.92 Å². The molecular weight excluding hydrogens is 515 g/mol. The largest absolute Gasteiger partial charge is 0.357 e. The highest BCUT2D eigenvalue weighted by atomic mass is 32.1. The summed E-state index contributed by atoms with van der Waals surface area (Å²) < 4.78 is 44.8. The zero-order valence-corrected chi connectivity index (χ0v) is 21.7. The molecule has 3 aromatic heterocycles. The number of nitrogens with zero attached hydrogens (tertiary/aromatic N) is 3. The van der Waals surface area contributed by atoms with Crippen LogP contribution in [0.15, 0.2) is 30.5 Å². The summed E-state index contributed by atoms with van der Waals surface area (Å²) in [6, 6.07) is 5.18. The highest BCUT2D eigenvalue weighted by Crippen LogP contribution is 2.47. The van der Waals surface area contributed by atoms with Gasteiger partial charge < -0.3 is 15.2 Å². The van der Waals surface area contributed by atoms with Crippen molar-refractivity contribution in [1.29, 1.82) is 0 Å². The molecule has 2 N–H and O–H groups in total. The molecule has 0 aliphatic carbocycles. The number of carbonyl (C=O) groups excluding carboxylic acids is 2. The molecule has 5 rings (SSSR count). The smallest absolute Gasteiger partial charge is 0.256 e. The number of nitrogens with one attached hydrogen (secondary N) is 2. The maximum Gasteiger partial charge on any atom is 0.256 e. The number of carbonyl (C=O) groups is 2. The molecule has 0 spiro atoms. The lowest BCUT2D eigenvalue weighted by Crippen LogP contribution is -2.33. The number of rotatable bonds is 6. The van der Waals surface area contributed by atoms with Crippen molar-refractivity contribution >= 4 is 29.0 Å². The van der Waals surface area contributed by atoms with E-state index < -0.39 is 23.5 Å². The van der Waals surface area contributed by atoms with Crippen LogP contribution >= 0.6 is 11.3 Å². The van der Waals surface area contributed by atoms with Crippen LogP contribution in [-0.4, -0.2) is 45.3 Å². The zero-order valence-electron chi connectivity index (χ0n) is 20.9. The number of aromatic amines is 1. The molecule has 1 aliphatic heterocycles. The topological polar surface area (TPSA) is 91.0 Å². The normalized spacial score (nSPS) is 13.1. The van der Waals surface area contributed by atoms with Gasteiger partial charge in [-0.25, -0.2) is 13.8 Å². The van der Waals surface area contributed by atoms with Crippen LogP contribution < -0.4 is 5.32 Å². The fraction of sp³-hybridized carbons (Fsp3) is 0.259. The van der Waals surface area contributed by atoms with Crippen LogP contribution in [0, 0.1) is 24.5 Å². The number of anilines is 1. The Labute approximate surface area is 220 Å². The third-order valence-corrected chi connectivity index (χ3v) is 7.35. The third kappa shape index (κ3) is 4.47. The lowest BCUT2D eigenvalue weighted by molar-refractivity contribution is -0.116. The van der Waals surface area contributed by atoms with Crippen LogP contribution in [0.2, 0.25) is 0 Å². The molecular formula is C27H24F3N5O2S. The van der Waals surface area contributed by atoms with Crippen molar-refractivity contribution in [3.8, 4) is 32.8 Å². The Hall–Kier alpha value is -3.99. The van der Waals surface area contributed by atoms with Gasteiger partial charge in [-0.15, -0.1) is 11.3 Å². The van der Waals surface area contributed by atoms with Gasteiger partial charge in [0, 0.05) is 49.5 Å². The quantitative estimate of drug-likeness (QED) is 0.296. The fourth-order valence-corrected chi connectivity index (χ4v) is 5.47. The van der Waals surface area contributed by atoms with Crippen LogP contribution in [0.25, 0.3) is 32.8 Å². The molecule has 0 saturated carbocycles. The molecule has 1 aromatic carbocycles. The van der Waals surface area contributed by atoms with Gasteiger partial charge >= 0.3 is 0 Å². The van der Waals surface area contributed by atoms with Crippen LogP contribution in [0.5, 0.6) is 0 Å². The lowest BCUT2D eigenvalue weighted by Gasteiger charge is -2.23. The van der Waals surface area contributed by atoms with Crippen molar-refractivity contribution in [2.24, 2.45) is 0 Å². The Morgan fingerprint density at radius 2 is 1.87 bits per heavy atom. The van der Waals surface area contributed by atoms with Crippen LogP contribution in [-0.2, 0) is 11.2 Å². The minimum absolute atomic E-state index is 0.0650. The van der Waals surface area contributed by atoms with Gasteiger partial charge in [-0.1, -0.05) is 19.1 Å². The van der Waals surface area contributed by atoms with Gasteiger partial charge in [0.15, 0.2) is 5.82 Å². The molecule has 4 aromatic rings. The molecule has 0 bridgehead atoms. The van der Waals surface area contributed by atoms with E-state index in [0.29, 0.717) is 46.6 Å². The molecule has 0 fully saturated rings. The standard InChI is InChI=1S/C27H24F3N5O2S/c1-4-5-18(36)33-26-19(14-6-8-15(28)9-7-14)22(23(29)25(30)34-26)24-21(17-12-31-13(2)38-17)20-16(32-24)10-11-35(3)27(20)37/h6-9,12,32H,4-5,10-11H2,1-3H3,(H,33,34,36). The third-order valence-electron chi connectivity index (χ3n) is 6.42. The number of thiazole rings is 1. The van der Waals surface area contributed by atoms with E-state index in [2.05, 4.69) is 20.3 Å². The average molecular weight is 540 g/mol. The maximum atomic E-state index is 15.9. The molecule has 7 nitrogen and oxygen atoms in total. The highest BCUT2D eigenvalue weighted by molar-refractivity contribution is 7.15. The molecule has 0 radical (unpaired) electrons. The molecule has 38 heavy (non-hydrogen) atoms. The number of hydrogen-bond donors (Lipinski definition) is 2. The van der Waals surface area contributed by atoms with Crippen LogP contribution in [0.4, 0.5) is 19.0 Å². The zero-order chi connectivity index (χ0) is 27.1. The Morgan fingerprint density at radius 1 is 1.13 bits per heavy atom. The van der Waals surface area contributed by atoms with E-state index in [0.717, 1.165) is 5.01 Å². The first-order chi connectivity index (χ1) is 18.2. The number of benzene rings is 1. The Kier molecular flexibility index (Phi) is 6.78. The minimum atomic E-state index is -1.42. The summed E-state index contributed by atoms with van der Waals surface area (Å²) in [5.41, 5.74) is 1.64. The lowest BCUT2D eigenvalue weighted by atomic mass is 9.93. The number of likely N-dealkylation sites (N-methyl/N-ethyl adjacent to an activating group) is 1. The number of hydrogen-bond acceptors (Lipinski definition) is 5. The molecule has 0 atom stereocenters. The average Bonchev–Trinajstić information content (AvgIpc) is 3.48. The van der Waals surface area contributed by atoms with Crippen molar-refractivity contribution in [1.82, 2.24) is 19.9 Å². The predicted molar refractivity (Wildman–Crippen MR) is 139 cm³/mol. The summed E-state index contributed by atoms with van der Waals surface area (Å²) in [5.74, 6) is -4.09. The molecule has 0 unspecified atom stereocenters. The van der Waals surface area contributed by atoms with Gasteiger partial charge in [0.05, 0.1) is 26.7 Å². The number of aromatic nitrogens is 3. The van der Waals surface area contributed by atoms with E-state index in [1.165, 1.54) is 35.6 Å². The first kappa shape index (κ1) is 25.7. The van der Waals surface area contributed by atoms with Crippen LogP contribution in [0.3, 0.4) is 0 Å². The summed E-state index contributed by atoms with van der Waals surface area (Å²) in [7, 11) is 1.68. The molecule has 11 heteroatoms. The van der Waals surface area contributed by atoms with Gasteiger partial charge in [-0.2, -0.15) is 9.37 Å². The number of halogens is 3. The van der Waals surface area contributed by atoms with Gasteiger partial charge in [-0.3, -0.25) is 9.59 Å². The van der Waals surface area contributed by atoms with Crippen molar-refractivity contribution in [3.05, 3.63) is 64.3 Å². The number of amides is 2. The van der Waals surface area contributed by atoms with Crippen LogP contribution in [0.1, 0.15) is 40.8 Å². The number of pyridine rings is 1. The summed E-state index contributed by atoms with van der Waals surface area (Å²) >= 11 is 1.31. The monoisotopic (exact) mass is 539 g/mol. The number of H-pyrrole nitrogens is 1. The second-order valence-electron chi connectivity index (χ2n) is 9.07. The van der Waals surface area contributed by atoms with E-state index in [1.54, 1.807) is 25.1 Å². The van der Waals surface area contributed by atoms with Crippen molar-refractivity contribution < 1.29 is 22.8 Å². The van der Waals surface area contributed by atoms with E-state index in [-0.39, 0.29) is 35.0 Å². The Bertz CT molecular complexity index is 1560. The van der Waals surface area contributed by atoms with Gasteiger partial charge in [0.1, 0.15) is 11.6 Å². The second-order valence-corrected chi connectivity index (χ2v) is 10.3. The SMILES string of the molecule is CCCC(=O)Nc1nc(F)c(F)c(-c2[nH]c3c(c2-c2cnc(C)s2)C(=O)N(C)CC3)c1-c1ccc(F)cc1. The van der Waals surface area contributed by atoms with Crippen molar-refractivity contribution in [2.45, 2.75) is 33.1 Å². The molecule has 2 amide bonds. The summed E-state index contributed by atoms with van der Waals surface area (Å²) in [4.78, 5) is 39.2. The summed E-state index contributed by atoms with van der Waals surface area (Å²) in [6.07, 6.45) is 2.74. The maximum absolute atomic E-state index is 15.9. The van der Waals surface area contributed by atoms with E-state index >= 15 is 8.78 Å². The number of aryl methyl sites for hydroxylation is 1. The predicted octanol–water partition coefficient (Wildman–Crippen LogP) is 5.96. The van der Waals surface area contributed by atoms with Gasteiger partial charge in [0.2, 0.25) is 5.91 Å². The highest BCUT2D eigenvalue weighted by Gasteiger charge is 2.34. The molecule has 1 aliphatic rings. The molecule has 4 heterocycles. The summed E-state index contributed by atoms with van der Waals surface area (Å²) in [5, 5.41) is 3.32. The van der Waals surface area contributed by atoms with Gasteiger partial charge in [-0.05, 0) is 31.0 Å². The minimum Gasteiger partial charge on any atom is -0.357 e. The van der Waals surface area contributed by atoms with E-state index in [9.17, 15) is 14.0 Å². The summed E-state index contributed by atoms with van der Waals surface area (Å²) in [6.45, 7) is 4.06. The Balaban J connectivity index is 1.87. The molecule has 0 saturated heterocycles.